The summed E-state index contributed by atoms with van der Waals surface area (Å²) in [5, 5.41) is 19.8. The molecule has 0 bridgehead atoms. The van der Waals surface area contributed by atoms with Crippen molar-refractivity contribution >= 4 is 17.1 Å². The van der Waals surface area contributed by atoms with Crippen molar-refractivity contribution < 1.29 is 9.50 Å². The third-order valence-electron chi connectivity index (χ3n) is 3.99. The fourth-order valence-electron chi connectivity index (χ4n) is 2.66. The summed E-state index contributed by atoms with van der Waals surface area (Å²) in [5.41, 5.74) is 2.86. The van der Waals surface area contributed by atoms with Gasteiger partial charge in [-0.3, -0.25) is 9.67 Å². The maximum Gasteiger partial charge on any atom is 0.225 e. The highest BCUT2D eigenvalue weighted by molar-refractivity contribution is 5.72. The minimum Gasteiger partial charge on any atom is -0.394 e. The van der Waals surface area contributed by atoms with Gasteiger partial charge >= 0.3 is 0 Å². The number of H-pyrrole nitrogens is 1. The first-order valence-corrected chi connectivity index (χ1v) is 7.99. The summed E-state index contributed by atoms with van der Waals surface area (Å²) >= 11 is 0. The van der Waals surface area contributed by atoms with Gasteiger partial charge in [0.15, 0.2) is 11.5 Å². The van der Waals surface area contributed by atoms with Gasteiger partial charge in [0, 0.05) is 11.8 Å². The first-order valence-electron chi connectivity index (χ1n) is 7.99. The zero-order chi connectivity index (χ0) is 18.1. The predicted molar refractivity (Wildman–Crippen MR) is 93.4 cm³/mol. The van der Waals surface area contributed by atoms with Gasteiger partial charge in [0.05, 0.1) is 18.8 Å². The number of aryl methyl sites for hydroxylation is 1. The van der Waals surface area contributed by atoms with Crippen molar-refractivity contribution in [2.75, 3.05) is 11.9 Å². The van der Waals surface area contributed by atoms with Crippen molar-refractivity contribution in [3.05, 3.63) is 59.9 Å². The van der Waals surface area contributed by atoms with E-state index in [1.807, 2.05) is 13.0 Å². The SMILES string of the molecule is Cc1cc(-n2cnc3cnc(N[C@@H](CO)c4ccc(F)cc4)nc32)n[nH]1. The van der Waals surface area contributed by atoms with Crippen molar-refractivity contribution in [2.24, 2.45) is 0 Å². The van der Waals surface area contributed by atoms with Crippen LogP contribution in [0.15, 0.2) is 42.9 Å². The van der Waals surface area contributed by atoms with E-state index in [2.05, 4.69) is 30.5 Å². The molecule has 0 saturated heterocycles. The van der Waals surface area contributed by atoms with Crippen molar-refractivity contribution in [1.82, 2.24) is 29.7 Å². The Balaban J connectivity index is 1.67. The molecule has 3 aromatic heterocycles. The van der Waals surface area contributed by atoms with Crippen LogP contribution in [0.2, 0.25) is 0 Å². The predicted octanol–water partition coefficient (Wildman–Crippen LogP) is 2.13. The van der Waals surface area contributed by atoms with Crippen LogP contribution >= 0.6 is 0 Å². The van der Waals surface area contributed by atoms with Crippen molar-refractivity contribution in [1.29, 1.82) is 0 Å². The number of halogens is 1. The van der Waals surface area contributed by atoms with Crippen LogP contribution in [0, 0.1) is 12.7 Å². The van der Waals surface area contributed by atoms with Gasteiger partial charge in [-0.2, -0.15) is 10.1 Å². The number of aliphatic hydroxyl groups excluding tert-OH is 1. The molecule has 0 aliphatic carbocycles. The zero-order valence-electron chi connectivity index (χ0n) is 13.9. The number of fused-ring (bicyclic) bond motifs is 1. The van der Waals surface area contributed by atoms with Gasteiger partial charge in [-0.15, -0.1) is 0 Å². The highest BCUT2D eigenvalue weighted by Crippen LogP contribution is 2.20. The van der Waals surface area contributed by atoms with E-state index in [9.17, 15) is 9.50 Å². The van der Waals surface area contributed by atoms with Crippen LogP contribution in [0.1, 0.15) is 17.3 Å². The second-order valence-corrected chi connectivity index (χ2v) is 5.86. The van der Waals surface area contributed by atoms with Crippen LogP contribution in [-0.4, -0.2) is 41.4 Å². The van der Waals surface area contributed by atoms with Gasteiger partial charge in [0.1, 0.15) is 17.7 Å². The van der Waals surface area contributed by atoms with E-state index in [1.165, 1.54) is 12.1 Å². The maximum atomic E-state index is 13.1. The Bertz CT molecular complexity index is 1040. The molecule has 3 heterocycles. The van der Waals surface area contributed by atoms with E-state index < -0.39 is 6.04 Å². The molecule has 8 nitrogen and oxygen atoms in total. The van der Waals surface area contributed by atoms with E-state index in [0.717, 1.165) is 11.3 Å². The standard InChI is InChI=1S/C17H16FN7O/c1-10-6-15(24-23-10)25-9-20-13-7-19-17(22-16(13)25)21-14(8-26)11-2-4-12(18)5-3-11/h2-7,9,14,26H,8H2,1H3,(H,23,24)(H,19,21,22)/t14-/m0/s1. The molecule has 1 atom stereocenters. The fourth-order valence-corrected chi connectivity index (χ4v) is 2.66. The normalized spacial score (nSPS) is 12.4. The Morgan fingerprint density at radius 2 is 2.08 bits per heavy atom. The maximum absolute atomic E-state index is 13.1. The van der Waals surface area contributed by atoms with Gasteiger partial charge < -0.3 is 10.4 Å². The summed E-state index contributed by atoms with van der Waals surface area (Å²) in [7, 11) is 0. The second-order valence-electron chi connectivity index (χ2n) is 5.86. The topological polar surface area (TPSA) is 105 Å². The van der Waals surface area contributed by atoms with Gasteiger partial charge in [-0.05, 0) is 24.6 Å². The van der Waals surface area contributed by atoms with Gasteiger partial charge in [-0.1, -0.05) is 12.1 Å². The second kappa shape index (κ2) is 6.52. The van der Waals surface area contributed by atoms with E-state index in [-0.39, 0.29) is 12.4 Å². The van der Waals surface area contributed by atoms with Crippen molar-refractivity contribution in [2.45, 2.75) is 13.0 Å². The monoisotopic (exact) mass is 353 g/mol. The fraction of sp³-hybridized carbons (Fsp3) is 0.176. The number of nitrogens with one attached hydrogen (secondary N) is 2. The zero-order valence-corrected chi connectivity index (χ0v) is 13.9. The lowest BCUT2D eigenvalue weighted by molar-refractivity contribution is 0.276. The lowest BCUT2D eigenvalue weighted by Crippen LogP contribution is -2.16. The molecule has 0 aliphatic heterocycles. The van der Waals surface area contributed by atoms with Crippen LogP contribution in [0.4, 0.5) is 10.3 Å². The van der Waals surface area contributed by atoms with Crippen molar-refractivity contribution in [3.8, 4) is 5.82 Å². The first-order chi connectivity index (χ1) is 12.6. The number of anilines is 1. The Kier molecular flexibility index (Phi) is 4.05. The van der Waals surface area contributed by atoms with Gasteiger partial charge in [-0.25, -0.2) is 14.4 Å². The number of hydrogen-bond acceptors (Lipinski definition) is 6. The molecule has 0 unspecified atom stereocenters. The number of hydrogen-bond donors (Lipinski definition) is 3. The summed E-state index contributed by atoms with van der Waals surface area (Å²) < 4.78 is 14.8. The molecule has 4 aromatic rings. The van der Waals surface area contributed by atoms with E-state index in [4.69, 9.17) is 0 Å². The highest BCUT2D eigenvalue weighted by atomic mass is 19.1. The van der Waals surface area contributed by atoms with Crippen LogP contribution in [-0.2, 0) is 0 Å². The van der Waals surface area contributed by atoms with E-state index in [0.29, 0.717) is 22.9 Å². The number of imidazole rings is 1. The Labute approximate surface area is 147 Å². The quantitative estimate of drug-likeness (QED) is 0.508. The molecule has 0 spiro atoms. The molecule has 0 amide bonds. The summed E-state index contributed by atoms with van der Waals surface area (Å²) in [6.45, 7) is 1.72. The summed E-state index contributed by atoms with van der Waals surface area (Å²) in [5.74, 6) is 0.670. The molecule has 1 aromatic carbocycles. The Morgan fingerprint density at radius 3 is 2.77 bits per heavy atom. The summed E-state index contributed by atoms with van der Waals surface area (Å²) in [6, 6.07) is 7.33. The molecule has 0 radical (unpaired) electrons. The smallest absolute Gasteiger partial charge is 0.225 e. The van der Waals surface area contributed by atoms with Crippen LogP contribution in [0.25, 0.3) is 17.0 Å². The average Bonchev–Trinajstić information content (AvgIpc) is 3.26. The number of rotatable bonds is 5. The number of aliphatic hydroxyl groups is 1. The van der Waals surface area contributed by atoms with E-state index in [1.54, 1.807) is 29.2 Å². The third-order valence-corrected chi connectivity index (χ3v) is 3.99. The minimum atomic E-state index is -0.461. The molecule has 9 heteroatoms. The van der Waals surface area contributed by atoms with Crippen LogP contribution in [0.5, 0.6) is 0 Å². The molecular weight excluding hydrogens is 337 g/mol. The Hall–Kier alpha value is -3.33. The lowest BCUT2D eigenvalue weighted by atomic mass is 10.1. The van der Waals surface area contributed by atoms with Crippen LogP contribution < -0.4 is 5.32 Å². The lowest BCUT2D eigenvalue weighted by Gasteiger charge is -2.16. The molecule has 0 fully saturated rings. The van der Waals surface area contributed by atoms with Gasteiger partial charge in [0.25, 0.3) is 0 Å². The molecule has 132 valence electrons. The number of benzene rings is 1. The third kappa shape index (κ3) is 3.00. The molecular formula is C17H16FN7O. The first kappa shape index (κ1) is 16.2. The van der Waals surface area contributed by atoms with E-state index >= 15 is 0 Å². The molecule has 26 heavy (non-hydrogen) atoms. The molecule has 0 saturated carbocycles. The summed E-state index contributed by atoms with van der Waals surface area (Å²) in [4.78, 5) is 13.0. The minimum absolute atomic E-state index is 0.190. The molecule has 3 N–H and O–H groups in total. The van der Waals surface area contributed by atoms with Crippen LogP contribution in [0.3, 0.4) is 0 Å². The highest BCUT2D eigenvalue weighted by Gasteiger charge is 2.14. The molecule has 4 rings (SSSR count). The number of aromatic nitrogens is 6. The van der Waals surface area contributed by atoms with Crippen molar-refractivity contribution in [3.63, 3.8) is 0 Å². The average molecular weight is 353 g/mol. The Morgan fingerprint density at radius 1 is 1.27 bits per heavy atom. The molecule has 0 aliphatic rings. The summed E-state index contributed by atoms with van der Waals surface area (Å²) in [6.07, 6.45) is 3.22. The number of nitrogens with zero attached hydrogens (tertiary/aromatic N) is 5. The van der Waals surface area contributed by atoms with Gasteiger partial charge in [0.2, 0.25) is 5.95 Å². The largest absolute Gasteiger partial charge is 0.394 e. The number of aromatic amines is 1.